The molecular weight excluding hydrogens is 250 g/mol. The lowest BCUT2D eigenvalue weighted by Crippen LogP contribution is -2.37. The Hall–Kier alpha value is -1.49. The summed E-state index contributed by atoms with van der Waals surface area (Å²) < 4.78 is 0. The Morgan fingerprint density at radius 1 is 1.22 bits per heavy atom. The highest BCUT2D eigenvalue weighted by molar-refractivity contribution is 8.00. The van der Waals surface area contributed by atoms with Gasteiger partial charge in [0.2, 0.25) is 5.91 Å². The summed E-state index contributed by atoms with van der Waals surface area (Å²) in [7, 11) is 0. The van der Waals surface area contributed by atoms with Crippen molar-refractivity contribution in [2.45, 2.75) is 13.0 Å². The van der Waals surface area contributed by atoms with Gasteiger partial charge in [0.05, 0.1) is 11.5 Å². The average Bonchev–Trinajstić information content (AvgIpc) is 2.37. The Morgan fingerprint density at radius 3 is 2.67 bits per heavy atom. The Bertz CT molecular complexity index is 461. The summed E-state index contributed by atoms with van der Waals surface area (Å²) >= 11 is 1.15. The van der Waals surface area contributed by atoms with E-state index in [2.05, 4.69) is 6.07 Å². The molecule has 96 valence electrons. The molecule has 5 heteroatoms. The Balaban J connectivity index is 1.88. The second kappa shape index (κ2) is 5.91. The second-order valence-corrected chi connectivity index (χ2v) is 5.21. The number of hydrogen-bond donors (Lipinski definition) is 1. The standard InChI is InChI=1S/C13H15NO3S/c15-12(8-18-9-13(16)17)14-6-5-10-3-1-2-4-11(10)7-14/h1-4H,5-9H2,(H,16,17). The number of amides is 1. The molecule has 0 radical (unpaired) electrons. The smallest absolute Gasteiger partial charge is 0.313 e. The lowest BCUT2D eigenvalue weighted by atomic mass is 10.00. The summed E-state index contributed by atoms with van der Waals surface area (Å²) in [6.45, 7) is 1.37. The fraction of sp³-hybridized carbons (Fsp3) is 0.385. The van der Waals surface area contributed by atoms with Gasteiger partial charge >= 0.3 is 5.97 Å². The highest BCUT2D eigenvalue weighted by Gasteiger charge is 2.20. The van der Waals surface area contributed by atoms with Crippen molar-refractivity contribution in [3.8, 4) is 0 Å². The zero-order valence-electron chi connectivity index (χ0n) is 9.96. The van der Waals surface area contributed by atoms with Crippen LogP contribution in [0.25, 0.3) is 0 Å². The number of carbonyl (C=O) groups is 2. The van der Waals surface area contributed by atoms with Crippen LogP contribution in [-0.2, 0) is 22.6 Å². The topological polar surface area (TPSA) is 57.6 Å². The predicted octanol–water partition coefficient (Wildman–Crippen LogP) is 1.39. The summed E-state index contributed by atoms with van der Waals surface area (Å²) in [5.74, 6) is -0.627. The fourth-order valence-electron chi connectivity index (χ4n) is 2.03. The number of carboxylic acid groups (broad SMARTS) is 1. The van der Waals surface area contributed by atoms with Gasteiger partial charge in [-0.1, -0.05) is 24.3 Å². The summed E-state index contributed by atoms with van der Waals surface area (Å²) in [6.07, 6.45) is 0.880. The quantitative estimate of drug-likeness (QED) is 0.893. The van der Waals surface area contributed by atoms with Crippen LogP contribution < -0.4 is 0 Å². The lowest BCUT2D eigenvalue weighted by molar-refractivity contribution is -0.133. The molecule has 0 spiro atoms. The van der Waals surface area contributed by atoms with Crippen LogP contribution in [0.15, 0.2) is 24.3 Å². The molecule has 1 aliphatic rings. The van der Waals surface area contributed by atoms with Gasteiger partial charge in [0.1, 0.15) is 0 Å². The van der Waals surface area contributed by atoms with Crippen molar-refractivity contribution in [3.05, 3.63) is 35.4 Å². The highest BCUT2D eigenvalue weighted by atomic mass is 32.2. The van der Waals surface area contributed by atoms with Gasteiger partial charge in [-0.15, -0.1) is 11.8 Å². The second-order valence-electron chi connectivity index (χ2n) is 4.22. The SMILES string of the molecule is O=C(O)CSCC(=O)N1CCc2ccccc2C1. The summed E-state index contributed by atoms with van der Waals surface area (Å²) in [4.78, 5) is 24.1. The molecule has 4 nitrogen and oxygen atoms in total. The largest absolute Gasteiger partial charge is 0.481 e. The Kier molecular flexibility index (Phi) is 4.25. The van der Waals surface area contributed by atoms with Crippen LogP contribution in [0.1, 0.15) is 11.1 Å². The number of benzene rings is 1. The molecule has 0 fully saturated rings. The molecule has 0 unspecified atom stereocenters. The molecule has 2 rings (SSSR count). The molecule has 1 N–H and O–H groups in total. The number of aliphatic carboxylic acids is 1. The fourth-order valence-corrected chi connectivity index (χ4v) is 2.66. The predicted molar refractivity (Wildman–Crippen MR) is 70.5 cm³/mol. The van der Waals surface area contributed by atoms with Gasteiger partial charge < -0.3 is 10.0 Å². The Morgan fingerprint density at radius 2 is 1.94 bits per heavy atom. The highest BCUT2D eigenvalue weighted by Crippen LogP contribution is 2.19. The number of fused-ring (bicyclic) bond motifs is 1. The molecule has 1 heterocycles. The molecule has 18 heavy (non-hydrogen) atoms. The number of nitrogens with zero attached hydrogens (tertiary/aromatic N) is 1. The number of carbonyl (C=O) groups excluding carboxylic acids is 1. The van der Waals surface area contributed by atoms with E-state index in [0.29, 0.717) is 6.54 Å². The van der Waals surface area contributed by atoms with Crippen LogP contribution in [0.4, 0.5) is 0 Å². The molecule has 0 aliphatic carbocycles. The van der Waals surface area contributed by atoms with Gasteiger partial charge in [-0.05, 0) is 17.5 Å². The monoisotopic (exact) mass is 265 g/mol. The average molecular weight is 265 g/mol. The Labute approximate surface area is 110 Å². The third kappa shape index (κ3) is 3.26. The first-order valence-electron chi connectivity index (χ1n) is 5.81. The van der Waals surface area contributed by atoms with Crippen molar-refractivity contribution in [2.75, 3.05) is 18.1 Å². The van der Waals surface area contributed by atoms with E-state index in [9.17, 15) is 9.59 Å². The minimum atomic E-state index is -0.878. The number of hydrogen-bond acceptors (Lipinski definition) is 3. The van der Waals surface area contributed by atoms with E-state index in [1.807, 2.05) is 18.2 Å². The lowest BCUT2D eigenvalue weighted by Gasteiger charge is -2.28. The van der Waals surface area contributed by atoms with Crippen LogP contribution >= 0.6 is 11.8 Å². The van der Waals surface area contributed by atoms with Crippen molar-refractivity contribution in [1.82, 2.24) is 4.90 Å². The molecule has 0 saturated carbocycles. The van der Waals surface area contributed by atoms with E-state index in [1.54, 1.807) is 4.90 Å². The minimum Gasteiger partial charge on any atom is -0.481 e. The van der Waals surface area contributed by atoms with Crippen LogP contribution in [0, 0.1) is 0 Å². The normalized spacial score (nSPS) is 14.1. The third-order valence-corrected chi connectivity index (χ3v) is 3.84. The van der Waals surface area contributed by atoms with Crippen LogP contribution in [0.5, 0.6) is 0 Å². The molecule has 1 aromatic carbocycles. The molecule has 1 amide bonds. The molecule has 1 aliphatic heterocycles. The van der Waals surface area contributed by atoms with Crippen molar-refractivity contribution in [3.63, 3.8) is 0 Å². The first kappa shape index (κ1) is 13.0. The van der Waals surface area contributed by atoms with Gasteiger partial charge in [-0.25, -0.2) is 0 Å². The van der Waals surface area contributed by atoms with Gasteiger partial charge in [0, 0.05) is 13.1 Å². The van der Waals surface area contributed by atoms with E-state index in [1.165, 1.54) is 11.1 Å². The van der Waals surface area contributed by atoms with E-state index >= 15 is 0 Å². The van der Waals surface area contributed by atoms with E-state index in [-0.39, 0.29) is 17.4 Å². The maximum atomic E-state index is 11.9. The molecule has 1 aromatic rings. The zero-order chi connectivity index (χ0) is 13.0. The van der Waals surface area contributed by atoms with E-state index in [4.69, 9.17) is 5.11 Å². The molecule has 0 saturated heterocycles. The molecular formula is C13H15NO3S. The minimum absolute atomic E-state index is 0.0177. The van der Waals surface area contributed by atoms with Crippen molar-refractivity contribution < 1.29 is 14.7 Å². The molecule has 0 aromatic heterocycles. The van der Waals surface area contributed by atoms with Crippen LogP contribution in [0.2, 0.25) is 0 Å². The summed E-state index contributed by atoms with van der Waals surface area (Å²) in [5, 5.41) is 8.52. The summed E-state index contributed by atoms with van der Waals surface area (Å²) in [6, 6.07) is 8.13. The van der Waals surface area contributed by atoms with Gasteiger partial charge in [-0.3, -0.25) is 9.59 Å². The summed E-state index contributed by atoms with van der Waals surface area (Å²) in [5.41, 5.74) is 2.50. The van der Waals surface area contributed by atoms with Crippen molar-refractivity contribution >= 4 is 23.6 Å². The van der Waals surface area contributed by atoms with Gasteiger partial charge in [-0.2, -0.15) is 0 Å². The van der Waals surface area contributed by atoms with E-state index in [0.717, 1.165) is 24.7 Å². The van der Waals surface area contributed by atoms with Gasteiger partial charge in [0.25, 0.3) is 0 Å². The molecule has 0 bridgehead atoms. The van der Waals surface area contributed by atoms with Crippen molar-refractivity contribution in [2.24, 2.45) is 0 Å². The number of thioether (sulfide) groups is 1. The maximum Gasteiger partial charge on any atom is 0.313 e. The van der Waals surface area contributed by atoms with Crippen molar-refractivity contribution in [1.29, 1.82) is 0 Å². The maximum absolute atomic E-state index is 11.9. The van der Waals surface area contributed by atoms with E-state index < -0.39 is 5.97 Å². The van der Waals surface area contributed by atoms with Gasteiger partial charge in [0.15, 0.2) is 0 Å². The first-order chi connectivity index (χ1) is 8.66. The van der Waals surface area contributed by atoms with Crippen LogP contribution in [-0.4, -0.2) is 39.9 Å². The van der Waals surface area contributed by atoms with Crippen LogP contribution in [0.3, 0.4) is 0 Å². The zero-order valence-corrected chi connectivity index (χ0v) is 10.8. The number of carboxylic acids is 1. The molecule has 0 atom stereocenters. The first-order valence-corrected chi connectivity index (χ1v) is 6.96. The third-order valence-electron chi connectivity index (χ3n) is 2.93. The number of rotatable bonds is 4.